The maximum Gasteiger partial charge on any atom is 0.243 e. The summed E-state index contributed by atoms with van der Waals surface area (Å²) in [6.07, 6.45) is 0. The first kappa shape index (κ1) is 17.6. The SMILES string of the molecule is CCOc1ccc(S(=O)(=O)N(CC)Cc2ccc3c(c2)OCO3)cc1. The van der Waals surface area contributed by atoms with Gasteiger partial charge in [-0.3, -0.25) is 0 Å². The molecular weight excluding hydrogens is 342 g/mol. The summed E-state index contributed by atoms with van der Waals surface area (Å²) >= 11 is 0. The second kappa shape index (κ2) is 7.33. The molecule has 0 bridgehead atoms. The maximum atomic E-state index is 12.9. The first-order valence-corrected chi connectivity index (χ1v) is 9.60. The highest BCUT2D eigenvalue weighted by atomic mass is 32.2. The molecule has 0 fully saturated rings. The standard InChI is InChI=1S/C18H21NO5S/c1-3-19(12-14-5-10-17-18(11-14)24-13-23-17)25(20,21)16-8-6-15(7-9-16)22-4-2/h5-11H,3-4,12-13H2,1-2H3. The molecule has 2 aromatic carbocycles. The fourth-order valence-electron chi connectivity index (χ4n) is 2.63. The fourth-order valence-corrected chi connectivity index (χ4v) is 4.07. The Hall–Kier alpha value is -2.25. The first-order valence-electron chi connectivity index (χ1n) is 8.16. The van der Waals surface area contributed by atoms with Crippen molar-refractivity contribution in [1.82, 2.24) is 4.31 Å². The molecule has 0 saturated carbocycles. The van der Waals surface area contributed by atoms with Crippen LogP contribution in [0.2, 0.25) is 0 Å². The quantitative estimate of drug-likeness (QED) is 0.757. The van der Waals surface area contributed by atoms with Crippen molar-refractivity contribution in [2.24, 2.45) is 0 Å². The van der Waals surface area contributed by atoms with Gasteiger partial charge in [-0.15, -0.1) is 0 Å². The van der Waals surface area contributed by atoms with E-state index in [0.29, 0.717) is 30.4 Å². The van der Waals surface area contributed by atoms with Gasteiger partial charge in [0.15, 0.2) is 11.5 Å². The average molecular weight is 363 g/mol. The Bertz CT molecular complexity index is 833. The minimum atomic E-state index is -3.59. The van der Waals surface area contributed by atoms with E-state index < -0.39 is 10.0 Å². The summed E-state index contributed by atoms with van der Waals surface area (Å²) in [6, 6.07) is 12.0. The Balaban J connectivity index is 1.81. The van der Waals surface area contributed by atoms with Crippen LogP contribution in [0.4, 0.5) is 0 Å². The Labute approximate surface area is 148 Å². The molecule has 0 unspecified atom stereocenters. The molecule has 2 aromatic rings. The predicted octanol–water partition coefficient (Wildman–Crippen LogP) is 3.02. The Morgan fingerprint density at radius 2 is 1.76 bits per heavy atom. The third-order valence-electron chi connectivity index (χ3n) is 3.92. The van der Waals surface area contributed by atoms with Crippen LogP contribution in [0.3, 0.4) is 0 Å². The first-order chi connectivity index (χ1) is 12.0. The summed E-state index contributed by atoms with van der Waals surface area (Å²) in [4.78, 5) is 0.249. The molecule has 0 atom stereocenters. The van der Waals surface area contributed by atoms with E-state index in [9.17, 15) is 8.42 Å². The van der Waals surface area contributed by atoms with E-state index in [4.69, 9.17) is 14.2 Å². The molecule has 134 valence electrons. The van der Waals surface area contributed by atoms with Crippen LogP contribution >= 0.6 is 0 Å². The molecule has 0 aromatic heterocycles. The van der Waals surface area contributed by atoms with Crippen LogP contribution in [0.25, 0.3) is 0 Å². The lowest BCUT2D eigenvalue weighted by molar-refractivity contribution is 0.174. The second-order valence-electron chi connectivity index (χ2n) is 5.52. The van der Waals surface area contributed by atoms with Gasteiger partial charge in [0.05, 0.1) is 11.5 Å². The molecule has 1 aliphatic rings. The molecular formula is C18H21NO5S. The Kier molecular flexibility index (Phi) is 5.15. The summed E-state index contributed by atoms with van der Waals surface area (Å²) in [6.45, 7) is 5.07. The van der Waals surface area contributed by atoms with E-state index in [-0.39, 0.29) is 18.2 Å². The fraction of sp³-hybridized carbons (Fsp3) is 0.333. The van der Waals surface area contributed by atoms with E-state index in [0.717, 1.165) is 5.56 Å². The van der Waals surface area contributed by atoms with Crippen molar-refractivity contribution in [2.75, 3.05) is 19.9 Å². The van der Waals surface area contributed by atoms with Crippen molar-refractivity contribution < 1.29 is 22.6 Å². The highest BCUT2D eigenvalue weighted by Gasteiger charge is 2.24. The Morgan fingerprint density at radius 1 is 1.04 bits per heavy atom. The lowest BCUT2D eigenvalue weighted by atomic mass is 10.2. The second-order valence-corrected chi connectivity index (χ2v) is 7.46. The van der Waals surface area contributed by atoms with Gasteiger partial charge in [0.2, 0.25) is 16.8 Å². The number of sulfonamides is 1. The van der Waals surface area contributed by atoms with Crippen LogP contribution in [0.5, 0.6) is 17.2 Å². The van der Waals surface area contributed by atoms with Gasteiger partial charge in [-0.2, -0.15) is 4.31 Å². The van der Waals surface area contributed by atoms with Crippen molar-refractivity contribution in [1.29, 1.82) is 0 Å². The van der Waals surface area contributed by atoms with Crippen molar-refractivity contribution in [2.45, 2.75) is 25.3 Å². The molecule has 6 nitrogen and oxygen atoms in total. The largest absolute Gasteiger partial charge is 0.494 e. The Morgan fingerprint density at radius 3 is 2.44 bits per heavy atom. The molecule has 0 aliphatic carbocycles. The maximum absolute atomic E-state index is 12.9. The van der Waals surface area contributed by atoms with Gasteiger partial charge in [-0.1, -0.05) is 13.0 Å². The molecule has 1 aliphatic heterocycles. The summed E-state index contributed by atoms with van der Waals surface area (Å²) in [7, 11) is -3.59. The summed E-state index contributed by atoms with van der Waals surface area (Å²) in [5.74, 6) is 1.98. The van der Waals surface area contributed by atoms with E-state index in [1.165, 1.54) is 4.31 Å². The van der Waals surface area contributed by atoms with Gasteiger partial charge in [-0.25, -0.2) is 8.42 Å². The predicted molar refractivity (Wildman–Crippen MR) is 93.4 cm³/mol. The molecule has 0 spiro atoms. The van der Waals surface area contributed by atoms with Crippen LogP contribution in [-0.2, 0) is 16.6 Å². The zero-order chi connectivity index (χ0) is 17.9. The third-order valence-corrected chi connectivity index (χ3v) is 5.86. The van der Waals surface area contributed by atoms with Gasteiger partial charge in [0.1, 0.15) is 5.75 Å². The topological polar surface area (TPSA) is 65.1 Å². The van der Waals surface area contributed by atoms with Gasteiger partial charge >= 0.3 is 0 Å². The van der Waals surface area contributed by atoms with Crippen molar-refractivity contribution >= 4 is 10.0 Å². The number of nitrogens with zero attached hydrogens (tertiary/aromatic N) is 1. The highest BCUT2D eigenvalue weighted by molar-refractivity contribution is 7.89. The van der Waals surface area contributed by atoms with Crippen molar-refractivity contribution in [3.63, 3.8) is 0 Å². The van der Waals surface area contributed by atoms with E-state index in [1.807, 2.05) is 26.0 Å². The van der Waals surface area contributed by atoms with Gasteiger partial charge in [0.25, 0.3) is 0 Å². The monoisotopic (exact) mass is 363 g/mol. The van der Waals surface area contributed by atoms with Gasteiger partial charge in [0, 0.05) is 13.1 Å². The number of benzene rings is 2. The van der Waals surface area contributed by atoms with Crippen LogP contribution < -0.4 is 14.2 Å². The molecule has 25 heavy (non-hydrogen) atoms. The number of ether oxygens (including phenoxy) is 3. The van der Waals surface area contributed by atoms with E-state index >= 15 is 0 Å². The van der Waals surface area contributed by atoms with Crippen molar-refractivity contribution in [3.05, 3.63) is 48.0 Å². The molecule has 0 amide bonds. The number of fused-ring (bicyclic) bond motifs is 1. The number of hydrogen-bond acceptors (Lipinski definition) is 5. The smallest absolute Gasteiger partial charge is 0.243 e. The molecule has 3 rings (SSSR count). The normalized spacial score (nSPS) is 13.2. The number of hydrogen-bond donors (Lipinski definition) is 0. The van der Waals surface area contributed by atoms with Crippen LogP contribution in [0, 0.1) is 0 Å². The van der Waals surface area contributed by atoms with Crippen molar-refractivity contribution in [3.8, 4) is 17.2 Å². The molecule has 0 radical (unpaired) electrons. The van der Waals surface area contributed by atoms with Gasteiger partial charge < -0.3 is 14.2 Å². The van der Waals surface area contributed by atoms with Crippen LogP contribution in [0.15, 0.2) is 47.4 Å². The zero-order valence-electron chi connectivity index (χ0n) is 14.3. The van der Waals surface area contributed by atoms with E-state index in [1.54, 1.807) is 30.3 Å². The summed E-state index contributed by atoms with van der Waals surface area (Å²) in [5.41, 5.74) is 0.848. The van der Waals surface area contributed by atoms with Crippen LogP contribution in [0.1, 0.15) is 19.4 Å². The minimum absolute atomic E-state index is 0.195. The average Bonchev–Trinajstić information content (AvgIpc) is 3.08. The molecule has 1 heterocycles. The minimum Gasteiger partial charge on any atom is -0.494 e. The molecule has 0 saturated heterocycles. The van der Waals surface area contributed by atoms with E-state index in [2.05, 4.69) is 0 Å². The molecule has 0 N–H and O–H groups in total. The third kappa shape index (κ3) is 3.72. The number of rotatable bonds is 7. The van der Waals surface area contributed by atoms with Gasteiger partial charge in [-0.05, 0) is 48.9 Å². The summed E-state index contributed by atoms with van der Waals surface area (Å²) in [5, 5.41) is 0. The summed E-state index contributed by atoms with van der Waals surface area (Å²) < 4.78 is 43.2. The lowest BCUT2D eigenvalue weighted by Crippen LogP contribution is -2.30. The highest BCUT2D eigenvalue weighted by Crippen LogP contribution is 2.33. The van der Waals surface area contributed by atoms with Crippen LogP contribution in [-0.4, -0.2) is 32.7 Å². The lowest BCUT2D eigenvalue weighted by Gasteiger charge is -2.21. The molecule has 7 heteroatoms. The zero-order valence-corrected chi connectivity index (χ0v) is 15.1.